The van der Waals surface area contributed by atoms with Gasteiger partial charge in [0.25, 0.3) is 0 Å². The van der Waals surface area contributed by atoms with Crippen molar-refractivity contribution in [1.82, 2.24) is 5.32 Å². The van der Waals surface area contributed by atoms with Gasteiger partial charge < -0.3 is 15.2 Å². The van der Waals surface area contributed by atoms with Gasteiger partial charge in [0.05, 0.1) is 5.60 Å². The zero-order chi connectivity index (χ0) is 9.15. The van der Waals surface area contributed by atoms with E-state index in [-0.39, 0.29) is 0 Å². The van der Waals surface area contributed by atoms with Crippen LogP contribution < -0.4 is 5.32 Å². The van der Waals surface area contributed by atoms with E-state index in [9.17, 15) is 5.11 Å². The summed E-state index contributed by atoms with van der Waals surface area (Å²) in [7, 11) is 0. The molecule has 0 radical (unpaired) electrons. The van der Waals surface area contributed by atoms with Crippen molar-refractivity contribution in [1.29, 1.82) is 0 Å². The van der Waals surface area contributed by atoms with Gasteiger partial charge in [0.2, 0.25) is 0 Å². The quantitative estimate of drug-likeness (QED) is 0.659. The van der Waals surface area contributed by atoms with Gasteiger partial charge in [-0.3, -0.25) is 0 Å². The van der Waals surface area contributed by atoms with Crippen LogP contribution in [0.25, 0.3) is 0 Å². The molecule has 0 aliphatic carbocycles. The van der Waals surface area contributed by atoms with E-state index >= 15 is 0 Å². The molecule has 2 fully saturated rings. The molecule has 2 saturated heterocycles. The Balaban J connectivity index is 1.81. The van der Waals surface area contributed by atoms with Crippen LogP contribution in [-0.4, -0.2) is 37.0 Å². The van der Waals surface area contributed by atoms with Crippen molar-refractivity contribution in [3.05, 3.63) is 0 Å². The van der Waals surface area contributed by atoms with Crippen LogP contribution in [0, 0.1) is 5.92 Å². The fraction of sp³-hybridized carbons (Fsp3) is 1.00. The van der Waals surface area contributed by atoms with E-state index in [1.54, 1.807) is 0 Å². The monoisotopic (exact) mass is 185 g/mol. The molecular formula is C10H19NO2. The first-order valence-electron chi connectivity index (χ1n) is 5.29. The number of ether oxygens (including phenoxy) is 1. The normalized spacial score (nSPS) is 36.7. The molecule has 0 amide bonds. The van der Waals surface area contributed by atoms with E-state index < -0.39 is 5.60 Å². The van der Waals surface area contributed by atoms with Gasteiger partial charge in [-0.1, -0.05) is 0 Å². The fourth-order valence-electron chi connectivity index (χ4n) is 2.39. The molecule has 0 saturated carbocycles. The second kappa shape index (κ2) is 3.95. The van der Waals surface area contributed by atoms with Crippen molar-refractivity contribution < 1.29 is 9.84 Å². The van der Waals surface area contributed by atoms with E-state index in [1.807, 2.05) is 0 Å². The average Bonchev–Trinajstić information content (AvgIpc) is 2.54. The molecule has 0 aromatic carbocycles. The van der Waals surface area contributed by atoms with Crippen molar-refractivity contribution in [2.75, 3.05) is 26.3 Å². The standard InChI is InChI=1S/C10H19NO2/c12-10(3-4-11-8-10)7-9-1-5-13-6-2-9/h9,11-12H,1-8H2. The van der Waals surface area contributed by atoms with Gasteiger partial charge in [-0.05, 0) is 38.1 Å². The minimum atomic E-state index is -0.415. The predicted octanol–water partition coefficient (Wildman–Crippen LogP) is 0.527. The number of aliphatic hydroxyl groups is 1. The molecule has 0 aromatic heterocycles. The van der Waals surface area contributed by atoms with Crippen molar-refractivity contribution >= 4 is 0 Å². The van der Waals surface area contributed by atoms with E-state index in [4.69, 9.17) is 4.74 Å². The second-order valence-corrected chi connectivity index (χ2v) is 4.41. The highest BCUT2D eigenvalue weighted by Gasteiger charge is 2.33. The summed E-state index contributed by atoms with van der Waals surface area (Å²) in [6, 6.07) is 0. The van der Waals surface area contributed by atoms with Gasteiger partial charge in [0.1, 0.15) is 0 Å². The molecule has 0 bridgehead atoms. The van der Waals surface area contributed by atoms with E-state index in [0.717, 1.165) is 52.0 Å². The molecule has 0 aromatic rings. The SMILES string of the molecule is OC1(CC2CCOCC2)CCNC1. The molecule has 1 atom stereocenters. The minimum Gasteiger partial charge on any atom is -0.389 e. The van der Waals surface area contributed by atoms with Crippen molar-refractivity contribution in [3.63, 3.8) is 0 Å². The summed E-state index contributed by atoms with van der Waals surface area (Å²) < 4.78 is 5.30. The Kier molecular flexibility index (Phi) is 2.86. The third-order valence-corrected chi connectivity index (χ3v) is 3.23. The van der Waals surface area contributed by atoms with Gasteiger partial charge >= 0.3 is 0 Å². The Hall–Kier alpha value is -0.120. The largest absolute Gasteiger partial charge is 0.389 e. The highest BCUT2D eigenvalue weighted by Crippen LogP contribution is 2.28. The highest BCUT2D eigenvalue weighted by molar-refractivity contribution is 4.89. The molecule has 0 spiro atoms. The van der Waals surface area contributed by atoms with Crippen LogP contribution in [0.4, 0.5) is 0 Å². The molecule has 2 heterocycles. The summed E-state index contributed by atoms with van der Waals surface area (Å²) >= 11 is 0. The Morgan fingerprint density at radius 1 is 1.38 bits per heavy atom. The number of nitrogens with one attached hydrogen (secondary N) is 1. The van der Waals surface area contributed by atoms with Crippen LogP contribution in [0.3, 0.4) is 0 Å². The van der Waals surface area contributed by atoms with Crippen LogP contribution in [0.15, 0.2) is 0 Å². The van der Waals surface area contributed by atoms with Crippen LogP contribution in [0.1, 0.15) is 25.7 Å². The molecule has 2 rings (SSSR count). The van der Waals surface area contributed by atoms with Crippen molar-refractivity contribution in [2.45, 2.75) is 31.3 Å². The van der Waals surface area contributed by atoms with E-state index in [1.165, 1.54) is 0 Å². The maximum atomic E-state index is 10.1. The van der Waals surface area contributed by atoms with Gasteiger partial charge in [-0.25, -0.2) is 0 Å². The molecule has 1 unspecified atom stereocenters. The number of rotatable bonds is 2. The predicted molar refractivity (Wildman–Crippen MR) is 50.6 cm³/mol. The Morgan fingerprint density at radius 3 is 2.77 bits per heavy atom. The topological polar surface area (TPSA) is 41.5 Å². The lowest BCUT2D eigenvalue weighted by Crippen LogP contribution is -2.35. The third kappa shape index (κ3) is 2.42. The maximum Gasteiger partial charge on any atom is 0.0786 e. The van der Waals surface area contributed by atoms with E-state index in [2.05, 4.69) is 5.32 Å². The number of hydrogen-bond acceptors (Lipinski definition) is 3. The first-order valence-corrected chi connectivity index (χ1v) is 5.29. The number of hydrogen-bond donors (Lipinski definition) is 2. The van der Waals surface area contributed by atoms with Crippen LogP contribution >= 0.6 is 0 Å². The first-order chi connectivity index (χ1) is 6.29. The van der Waals surface area contributed by atoms with Gasteiger partial charge in [0.15, 0.2) is 0 Å². The number of β-amino-alcohol motifs (C(OH)–C–C–N with tert-alkyl or cyclic N) is 1. The Labute approximate surface area is 79.5 Å². The third-order valence-electron chi connectivity index (χ3n) is 3.23. The highest BCUT2D eigenvalue weighted by atomic mass is 16.5. The molecule has 3 nitrogen and oxygen atoms in total. The Morgan fingerprint density at radius 2 is 2.15 bits per heavy atom. The van der Waals surface area contributed by atoms with E-state index in [0.29, 0.717) is 5.92 Å². The van der Waals surface area contributed by atoms with Gasteiger partial charge in [0, 0.05) is 19.8 Å². The zero-order valence-electron chi connectivity index (χ0n) is 8.09. The lowest BCUT2D eigenvalue weighted by Gasteiger charge is -2.29. The molecule has 76 valence electrons. The molecule has 13 heavy (non-hydrogen) atoms. The van der Waals surface area contributed by atoms with Crippen LogP contribution in [0.2, 0.25) is 0 Å². The van der Waals surface area contributed by atoms with Crippen LogP contribution in [-0.2, 0) is 4.74 Å². The lowest BCUT2D eigenvalue weighted by molar-refractivity contribution is 0.00100. The van der Waals surface area contributed by atoms with Crippen molar-refractivity contribution in [2.24, 2.45) is 5.92 Å². The second-order valence-electron chi connectivity index (χ2n) is 4.41. The Bertz CT molecular complexity index is 160. The first kappa shape index (κ1) is 9.44. The smallest absolute Gasteiger partial charge is 0.0786 e. The summed E-state index contributed by atoms with van der Waals surface area (Å²) in [5.74, 6) is 0.679. The fourth-order valence-corrected chi connectivity index (χ4v) is 2.39. The van der Waals surface area contributed by atoms with Crippen molar-refractivity contribution in [3.8, 4) is 0 Å². The van der Waals surface area contributed by atoms with Crippen LogP contribution in [0.5, 0.6) is 0 Å². The van der Waals surface area contributed by atoms with Gasteiger partial charge in [-0.15, -0.1) is 0 Å². The summed E-state index contributed by atoms with van der Waals surface area (Å²) in [6.07, 6.45) is 4.14. The summed E-state index contributed by atoms with van der Waals surface area (Å²) in [6.45, 7) is 3.52. The molecule has 3 heteroatoms. The molecule has 2 N–H and O–H groups in total. The maximum absolute atomic E-state index is 10.1. The van der Waals surface area contributed by atoms with Gasteiger partial charge in [-0.2, -0.15) is 0 Å². The molecule has 2 aliphatic rings. The minimum absolute atomic E-state index is 0.415. The zero-order valence-corrected chi connectivity index (χ0v) is 8.09. The lowest BCUT2D eigenvalue weighted by atomic mass is 9.85. The molecular weight excluding hydrogens is 166 g/mol. The summed E-state index contributed by atoms with van der Waals surface area (Å²) in [5.41, 5.74) is -0.415. The average molecular weight is 185 g/mol. The summed E-state index contributed by atoms with van der Waals surface area (Å²) in [4.78, 5) is 0. The summed E-state index contributed by atoms with van der Waals surface area (Å²) in [5, 5.41) is 13.4. The molecule has 2 aliphatic heterocycles.